The van der Waals surface area contributed by atoms with Gasteiger partial charge in [-0.1, -0.05) is 60.7 Å². The van der Waals surface area contributed by atoms with Gasteiger partial charge in [0, 0.05) is 19.1 Å². The molecule has 1 aliphatic rings. The molecule has 0 spiro atoms. The Labute approximate surface area is 150 Å². The van der Waals surface area contributed by atoms with Crippen molar-refractivity contribution in [2.75, 3.05) is 19.6 Å². The molecule has 0 saturated carbocycles. The van der Waals surface area contributed by atoms with Crippen LogP contribution >= 0.6 is 0 Å². The molecule has 0 aromatic heterocycles. The second kappa shape index (κ2) is 8.61. The number of hydrogen-bond donors (Lipinski definition) is 1. The smallest absolute Gasteiger partial charge is 0.218 e. The van der Waals surface area contributed by atoms with Gasteiger partial charge >= 0.3 is 0 Å². The number of nitrogens with zero attached hydrogens (tertiary/aromatic N) is 1. The fourth-order valence-corrected chi connectivity index (χ4v) is 4.85. The van der Waals surface area contributed by atoms with Crippen molar-refractivity contribution in [2.45, 2.75) is 31.1 Å². The van der Waals surface area contributed by atoms with Gasteiger partial charge in [0.15, 0.2) is 0 Å². The molecule has 134 valence electrons. The Morgan fingerprint density at radius 1 is 0.960 bits per heavy atom. The summed E-state index contributed by atoms with van der Waals surface area (Å²) >= 11 is 0. The van der Waals surface area contributed by atoms with E-state index in [-0.39, 0.29) is 11.8 Å². The predicted octanol–water partition coefficient (Wildman–Crippen LogP) is 2.81. The van der Waals surface area contributed by atoms with Crippen LogP contribution in [0.4, 0.5) is 0 Å². The van der Waals surface area contributed by atoms with Crippen molar-refractivity contribution in [2.24, 2.45) is 0 Å². The molecule has 1 atom stereocenters. The van der Waals surface area contributed by atoms with Crippen LogP contribution in [-0.2, 0) is 22.2 Å². The molecule has 4 nitrogen and oxygen atoms in total. The maximum Gasteiger partial charge on any atom is 0.218 e. The molecule has 2 aromatic rings. The molecule has 0 amide bonds. The van der Waals surface area contributed by atoms with Gasteiger partial charge in [0.2, 0.25) is 10.0 Å². The molecule has 0 aliphatic carbocycles. The van der Waals surface area contributed by atoms with Gasteiger partial charge in [0.25, 0.3) is 0 Å². The number of rotatable bonds is 8. The van der Waals surface area contributed by atoms with E-state index in [4.69, 9.17) is 0 Å². The van der Waals surface area contributed by atoms with Crippen LogP contribution < -0.4 is 5.32 Å². The van der Waals surface area contributed by atoms with Crippen LogP contribution in [0.1, 0.15) is 24.0 Å². The quantitative estimate of drug-likeness (QED) is 0.789. The van der Waals surface area contributed by atoms with Gasteiger partial charge in [-0.05, 0) is 36.9 Å². The molecule has 0 bridgehead atoms. The zero-order valence-corrected chi connectivity index (χ0v) is 15.3. The summed E-state index contributed by atoms with van der Waals surface area (Å²) in [5.74, 6) is 0.0648. The Morgan fingerprint density at radius 3 is 2.20 bits per heavy atom. The van der Waals surface area contributed by atoms with Crippen molar-refractivity contribution in [3.8, 4) is 0 Å². The standard InChI is InChI=1S/C20H26N2O2S/c23-25(24,17-19-10-5-2-6-11-19)22(16-20-12-7-14-21-20)15-13-18-8-3-1-4-9-18/h1-6,8-11,20-21H,7,12-17H2/t20-/m0/s1. The fraction of sp³-hybridized carbons (Fsp3) is 0.400. The molecule has 1 saturated heterocycles. The zero-order chi connectivity index (χ0) is 17.5. The van der Waals surface area contributed by atoms with E-state index in [2.05, 4.69) is 17.4 Å². The maximum absolute atomic E-state index is 13.0. The lowest BCUT2D eigenvalue weighted by atomic mass is 10.1. The lowest BCUT2D eigenvalue weighted by Gasteiger charge is -2.25. The van der Waals surface area contributed by atoms with Gasteiger partial charge < -0.3 is 5.32 Å². The number of hydrogen-bond acceptors (Lipinski definition) is 3. The van der Waals surface area contributed by atoms with Gasteiger partial charge in [-0.15, -0.1) is 0 Å². The average Bonchev–Trinajstić information content (AvgIpc) is 3.13. The van der Waals surface area contributed by atoms with Crippen LogP contribution in [0, 0.1) is 0 Å². The highest BCUT2D eigenvalue weighted by molar-refractivity contribution is 7.88. The molecular weight excluding hydrogens is 332 g/mol. The summed E-state index contributed by atoms with van der Waals surface area (Å²) in [6.07, 6.45) is 2.90. The molecule has 0 unspecified atom stereocenters. The highest BCUT2D eigenvalue weighted by atomic mass is 32.2. The second-order valence-corrected chi connectivity index (χ2v) is 8.60. The van der Waals surface area contributed by atoms with Crippen molar-refractivity contribution in [1.82, 2.24) is 9.62 Å². The Hall–Kier alpha value is -1.69. The monoisotopic (exact) mass is 358 g/mol. The summed E-state index contributed by atoms with van der Waals surface area (Å²) in [6, 6.07) is 19.8. The molecule has 1 aliphatic heterocycles. The first-order valence-corrected chi connectivity index (χ1v) is 10.5. The van der Waals surface area contributed by atoms with Crippen LogP contribution in [-0.4, -0.2) is 38.4 Å². The Morgan fingerprint density at radius 2 is 1.60 bits per heavy atom. The lowest BCUT2D eigenvalue weighted by molar-refractivity contribution is 0.372. The van der Waals surface area contributed by atoms with E-state index < -0.39 is 10.0 Å². The van der Waals surface area contributed by atoms with Gasteiger partial charge in [-0.2, -0.15) is 4.31 Å². The summed E-state index contributed by atoms with van der Waals surface area (Å²) in [7, 11) is -3.34. The van der Waals surface area contributed by atoms with Gasteiger partial charge in [0.1, 0.15) is 0 Å². The van der Waals surface area contributed by atoms with Crippen molar-refractivity contribution in [3.05, 3.63) is 71.8 Å². The minimum atomic E-state index is -3.34. The number of benzene rings is 2. The molecule has 1 N–H and O–H groups in total. The van der Waals surface area contributed by atoms with E-state index >= 15 is 0 Å². The minimum absolute atomic E-state index is 0.0648. The maximum atomic E-state index is 13.0. The second-order valence-electron chi connectivity index (χ2n) is 6.63. The van der Waals surface area contributed by atoms with Crippen LogP contribution in [0.3, 0.4) is 0 Å². The van der Waals surface area contributed by atoms with Crippen LogP contribution in [0.5, 0.6) is 0 Å². The third kappa shape index (κ3) is 5.39. The van der Waals surface area contributed by atoms with E-state index in [1.165, 1.54) is 5.56 Å². The molecular formula is C20H26N2O2S. The lowest BCUT2D eigenvalue weighted by Crippen LogP contribution is -2.42. The summed E-state index contributed by atoms with van der Waals surface area (Å²) in [5.41, 5.74) is 2.01. The SMILES string of the molecule is O=S(=O)(Cc1ccccc1)N(CCc1ccccc1)C[C@@H]1CCCN1. The van der Waals surface area contributed by atoms with Crippen molar-refractivity contribution < 1.29 is 8.42 Å². The van der Waals surface area contributed by atoms with Gasteiger partial charge in [-0.3, -0.25) is 0 Å². The summed E-state index contributed by atoms with van der Waals surface area (Å²) in [6.45, 7) is 2.06. The predicted molar refractivity (Wildman–Crippen MR) is 102 cm³/mol. The molecule has 5 heteroatoms. The van der Waals surface area contributed by atoms with E-state index in [1.807, 2.05) is 48.5 Å². The first kappa shape index (κ1) is 18.1. The third-order valence-electron chi connectivity index (χ3n) is 4.66. The van der Waals surface area contributed by atoms with E-state index in [1.54, 1.807) is 4.31 Å². The first-order chi connectivity index (χ1) is 12.1. The van der Waals surface area contributed by atoms with Crippen molar-refractivity contribution >= 4 is 10.0 Å². The van der Waals surface area contributed by atoms with Crippen LogP contribution in [0.25, 0.3) is 0 Å². The highest BCUT2D eigenvalue weighted by Gasteiger charge is 2.26. The number of nitrogens with one attached hydrogen (secondary N) is 1. The Bertz CT molecular complexity index is 742. The van der Waals surface area contributed by atoms with E-state index in [9.17, 15) is 8.42 Å². The molecule has 1 fully saturated rings. The van der Waals surface area contributed by atoms with Gasteiger partial charge in [-0.25, -0.2) is 8.42 Å². The Kier molecular flexibility index (Phi) is 6.24. The summed E-state index contributed by atoms with van der Waals surface area (Å²) in [4.78, 5) is 0. The van der Waals surface area contributed by atoms with Crippen LogP contribution in [0.15, 0.2) is 60.7 Å². The highest BCUT2D eigenvalue weighted by Crippen LogP contribution is 2.15. The van der Waals surface area contributed by atoms with Gasteiger partial charge in [0.05, 0.1) is 5.75 Å². The largest absolute Gasteiger partial charge is 0.313 e. The van der Waals surface area contributed by atoms with Crippen molar-refractivity contribution in [3.63, 3.8) is 0 Å². The average molecular weight is 359 g/mol. The van der Waals surface area contributed by atoms with Crippen LogP contribution in [0.2, 0.25) is 0 Å². The topological polar surface area (TPSA) is 49.4 Å². The van der Waals surface area contributed by atoms with Crippen molar-refractivity contribution in [1.29, 1.82) is 0 Å². The third-order valence-corrected chi connectivity index (χ3v) is 6.48. The molecule has 25 heavy (non-hydrogen) atoms. The normalized spacial score (nSPS) is 17.9. The van der Waals surface area contributed by atoms with E-state index in [0.717, 1.165) is 31.4 Å². The summed E-state index contributed by atoms with van der Waals surface area (Å²) in [5, 5.41) is 3.42. The molecule has 1 heterocycles. The first-order valence-electron chi connectivity index (χ1n) is 8.92. The number of sulfonamides is 1. The zero-order valence-electron chi connectivity index (χ0n) is 14.5. The molecule has 2 aromatic carbocycles. The fourth-order valence-electron chi connectivity index (χ4n) is 3.28. The minimum Gasteiger partial charge on any atom is -0.313 e. The Balaban J connectivity index is 1.71. The van der Waals surface area contributed by atoms with E-state index in [0.29, 0.717) is 13.1 Å². The molecule has 3 rings (SSSR count). The summed E-state index contributed by atoms with van der Waals surface area (Å²) < 4.78 is 27.7. The molecule has 0 radical (unpaired) electrons.